The predicted octanol–water partition coefficient (Wildman–Crippen LogP) is 0.891. The summed E-state index contributed by atoms with van der Waals surface area (Å²) in [4.78, 5) is 5.67. The summed E-state index contributed by atoms with van der Waals surface area (Å²) in [6.07, 6.45) is 4.37. The fraction of sp³-hybridized carbons (Fsp3) is 0.750. The third-order valence-corrected chi connectivity index (χ3v) is 2.28. The lowest BCUT2D eigenvalue weighted by Crippen LogP contribution is -2.29. The van der Waals surface area contributed by atoms with E-state index >= 15 is 0 Å². The van der Waals surface area contributed by atoms with Gasteiger partial charge in [-0.2, -0.15) is 5.26 Å². The van der Waals surface area contributed by atoms with E-state index in [0.717, 1.165) is 18.3 Å². The molecule has 0 aromatic rings. The van der Waals surface area contributed by atoms with Gasteiger partial charge in [0.1, 0.15) is 0 Å². The molecule has 0 aliphatic heterocycles. The number of hydrogen-bond donors (Lipinski definition) is 1. The van der Waals surface area contributed by atoms with Gasteiger partial charge in [-0.15, -0.1) is 4.99 Å². The summed E-state index contributed by atoms with van der Waals surface area (Å²) in [5.74, 6) is 0. The van der Waals surface area contributed by atoms with Gasteiger partial charge in [0.2, 0.25) is 6.19 Å². The largest absolute Gasteiger partial charge is 0.396 e. The first-order chi connectivity index (χ1) is 6.29. The van der Waals surface area contributed by atoms with Gasteiger partial charge in [0.05, 0.1) is 0 Å². The molecular weight excluding hydrogens is 186 g/mol. The van der Waals surface area contributed by atoms with Crippen LogP contribution in [-0.2, 0) is 0 Å². The van der Waals surface area contributed by atoms with Crippen molar-refractivity contribution in [2.45, 2.75) is 13.3 Å². The fourth-order valence-corrected chi connectivity index (χ4v) is 1.55. The van der Waals surface area contributed by atoms with Crippen molar-refractivity contribution >= 4 is 16.9 Å². The van der Waals surface area contributed by atoms with E-state index in [1.54, 1.807) is 6.19 Å². The number of nitriles is 1. The Morgan fingerprint density at radius 2 is 2.38 bits per heavy atom. The van der Waals surface area contributed by atoms with Crippen LogP contribution >= 0.6 is 11.8 Å². The Morgan fingerprint density at radius 3 is 2.77 bits per heavy atom. The van der Waals surface area contributed by atoms with Gasteiger partial charge in [-0.3, -0.25) is 0 Å². The van der Waals surface area contributed by atoms with Gasteiger partial charge < -0.3 is 10.0 Å². The lowest BCUT2D eigenvalue weighted by atomic mass is 10.4. The van der Waals surface area contributed by atoms with Gasteiger partial charge in [0, 0.05) is 19.7 Å². The van der Waals surface area contributed by atoms with Crippen LogP contribution in [0.4, 0.5) is 0 Å². The number of rotatable bonds is 4. The summed E-state index contributed by atoms with van der Waals surface area (Å²) in [6, 6.07) is 0. The molecule has 0 aromatic heterocycles. The maximum atomic E-state index is 8.66. The van der Waals surface area contributed by atoms with Crippen molar-refractivity contribution in [3.8, 4) is 6.19 Å². The smallest absolute Gasteiger partial charge is 0.208 e. The molecule has 0 bridgehead atoms. The predicted molar refractivity (Wildman–Crippen MR) is 55.5 cm³/mol. The zero-order valence-corrected chi connectivity index (χ0v) is 8.84. The molecule has 0 heterocycles. The molecule has 0 aliphatic carbocycles. The van der Waals surface area contributed by atoms with Crippen molar-refractivity contribution in [3.05, 3.63) is 0 Å². The molecular formula is C8H15N3OS. The minimum Gasteiger partial charge on any atom is -0.396 e. The Labute approximate surface area is 83.3 Å². The average molecular weight is 201 g/mol. The number of nitrogens with zero attached hydrogens (tertiary/aromatic N) is 3. The molecule has 0 unspecified atom stereocenters. The first kappa shape index (κ1) is 12.3. The Bertz CT molecular complexity index is 200. The number of hydrogen-bond acceptors (Lipinski definition) is 4. The summed E-state index contributed by atoms with van der Waals surface area (Å²) in [6.45, 7) is 3.72. The quantitative estimate of drug-likeness (QED) is 0.417. The van der Waals surface area contributed by atoms with Crippen LogP contribution < -0.4 is 0 Å². The summed E-state index contributed by atoms with van der Waals surface area (Å²) in [5.41, 5.74) is 0. The van der Waals surface area contributed by atoms with Crippen molar-refractivity contribution in [3.63, 3.8) is 0 Å². The molecule has 5 heteroatoms. The molecule has 0 rings (SSSR count). The first-order valence-electron chi connectivity index (χ1n) is 4.16. The van der Waals surface area contributed by atoms with Crippen LogP contribution in [0.1, 0.15) is 13.3 Å². The molecule has 0 aromatic carbocycles. The van der Waals surface area contributed by atoms with E-state index in [4.69, 9.17) is 10.4 Å². The second-order valence-corrected chi connectivity index (χ2v) is 3.13. The van der Waals surface area contributed by atoms with E-state index in [9.17, 15) is 0 Å². The zero-order chi connectivity index (χ0) is 10.1. The van der Waals surface area contributed by atoms with Crippen LogP contribution in [0.15, 0.2) is 4.99 Å². The standard InChI is InChI=1S/C8H15N3OS/c1-3-11(5-4-6-12)8(13-2)10-7-9/h12H,3-6H2,1-2H3. The SMILES string of the molecule is CCN(CCCO)C(=NC#N)SC. The second-order valence-electron chi connectivity index (χ2n) is 2.36. The minimum absolute atomic E-state index is 0.171. The Hall–Kier alpha value is -0.730. The minimum atomic E-state index is 0.171. The number of aliphatic hydroxyl groups excluding tert-OH is 1. The third kappa shape index (κ3) is 4.76. The lowest BCUT2D eigenvalue weighted by molar-refractivity contribution is 0.270. The van der Waals surface area contributed by atoms with E-state index in [2.05, 4.69) is 4.99 Å². The van der Waals surface area contributed by atoms with Crippen LogP contribution in [0, 0.1) is 11.5 Å². The molecule has 0 spiro atoms. The number of aliphatic imine (C=N–C) groups is 1. The van der Waals surface area contributed by atoms with Crippen molar-refractivity contribution in [2.75, 3.05) is 26.0 Å². The molecule has 4 nitrogen and oxygen atoms in total. The number of aliphatic hydroxyl groups is 1. The van der Waals surface area contributed by atoms with Crippen molar-refractivity contribution in [2.24, 2.45) is 4.99 Å². The first-order valence-corrected chi connectivity index (χ1v) is 5.39. The number of amidine groups is 1. The Kier molecular flexibility index (Phi) is 7.45. The van der Waals surface area contributed by atoms with Crippen LogP contribution in [0.25, 0.3) is 0 Å². The second kappa shape index (κ2) is 7.90. The summed E-state index contributed by atoms with van der Waals surface area (Å²) in [5, 5.41) is 17.8. The third-order valence-electron chi connectivity index (χ3n) is 1.57. The van der Waals surface area contributed by atoms with Crippen molar-refractivity contribution < 1.29 is 5.11 Å². The van der Waals surface area contributed by atoms with E-state index in [1.165, 1.54) is 11.8 Å². The van der Waals surface area contributed by atoms with E-state index in [1.807, 2.05) is 18.1 Å². The van der Waals surface area contributed by atoms with E-state index < -0.39 is 0 Å². The molecule has 13 heavy (non-hydrogen) atoms. The highest BCUT2D eigenvalue weighted by atomic mass is 32.2. The van der Waals surface area contributed by atoms with Crippen LogP contribution in [0.5, 0.6) is 0 Å². The summed E-state index contributed by atoms with van der Waals surface area (Å²) < 4.78 is 0. The molecule has 1 N–H and O–H groups in total. The van der Waals surface area contributed by atoms with Crippen molar-refractivity contribution in [1.29, 1.82) is 5.26 Å². The molecule has 0 fully saturated rings. The normalized spacial score (nSPS) is 11.1. The van der Waals surface area contributed by atoms with Crippen LogP contribution in [0.3, 0.4) is 0 Å². The van der Waals surface area contributed by atoms with Gasteiger partial charge in [-0.05, 0) is 19.6 Å². The summed E-state index contributed by atoms with van der Waals surface area (Å²) >= 11 is 1.45. The van der Waals surface area contributed by atoms with Gasteiger partial charge in [0.15, 0.2) is 5.17 Å². The zero-order valence-electron chi connectivity index (χ0n) is 8.03. The van der Waals surface area contributed by atoms with Gasteiger partial charge in [0.25, 0.3) is 0 Å². The Morgan fingerprint density at radius 1 is 1.69 bits per heavy atom. The molecule has 0 aliphatic rings. The van der Waals surface area contributed by atoms with E-state index in [-0.39, 0.29) is 6.61 Å². The number of thioether (sulfide) groups is 1. The molecule has 0 atom stereocenters. The molecule has 0 saturated carbocycles. The molecule has 0 amide bonds. The Balaban J connectivity index is 4.19. The monoisotopic (exact) mass is 201 g/mol. The van der Waals surface area contributed by atoms with Gasteiger partial charge >= 0.3 is 0 Å². The topological polar surface area (TPSA) is 59.6 Å². The highest BCUT2D eigenvalue weighted by molar-refractivity contribution is 8.13. The average Bonchev–Trinajstić information content (AvgIpc) is 2.17. The fourth-order valence-electron chi connectivity index (χ4n) is 0.939. The highest BCUT2D eigenvalue weighted by Gasteiger charge is 2.06. The van der Waals surface area contributed by atoms with Crippen molar-refractivity contribution in [1.82, 2.24) is 4.90 Å². The maximum absolute atomic E-state index is 8.66. The van der Waals surface area contributed by atoms with Gasteiger partial charge in [-0.25, -0.2) is 0 Å². The molecule has 74 valence electrons. The van der Waals surface area contributed by atoms with Gasteiger partial charge in [-0.1, -0.05) is 11.8 Å². The lowest BCUT2D eigenvalue weighted by Gasteiger charge is -2.21. The van der Waals surface area contributed by atoms with Crippen LogP contribution in [-0.4, -0.2) is 41.1 Å². The van der Waals surface area contributed by atoms with E-state index in [0.29, 0.717) is 6.42 Å². The van der Waals surface area contributed by atoms with Crippen LogP contribution in [0.2, 0.25) is 0 Å². The molecule has 0 radical (unpaired) electrons. The molecule has 0 saturated heterocycles. The highest BCUT2D eigenvalue weighted by Crippen LogP contribution is 2.05. The summed E-state index contributed by atoms with van der Waals surface area (Å²) in [7, 11) is 0. The maximum Gasteiger partial charge on any atom is 0.208 e.